The Morgan fingerprint density at radius 1 is 1.22 bits per heavy atom. The van der Waals surface area contributed by atoms with Crippen LogP contribution in [0.1, 0.15) is 22.8 Å². The van der Waals surface area contributed by atoms with Gasteiger partial charge in [-0.05, 0) is 61.5 Å². The second kappa shape index (κ2) is 6.86. The van der Waals surface area contributed by atoms with Crippen LogP contribution in [0.15, 0.2) is 52.3 Å². The molecule has 0 spiro atoms. The van der Waals surface area contributed by atoms with Crippen LogP contribution in [0.5, 0.6) is 0 Å². The average molecular weight is 346 g/mol. The molecule has 0 saturated heterocycles. The summed E-state index contributed by atoms with van der Waals surface area (Å²) in [5.74, 6) is -0.198. The molecule has 0 amide bonds. The van der Waals surface area contributed by atoms with E-state index in [4.69, 9.17) is 5.26 Å². The molecule has 2 aromatic rings. The van der Waals surface area contributed by atoms with E-state index in [2.05, 4.69) is 4.72 Å². The van der Waals surface area contributed by atoms with Crippen molar-refractivity contribution in [2.24, 2.45) is 0 Å². The highest BCUT2D eigenvalue weighted by Gasteiger charge is 2.16. The molecule has 2 rings (SSSR count). The van der Waals surface area contributed by atoms with Gasteiger partial charge in [0.1, 0.15) is 5.40 Å². The Balaban J connectivity index is 2.33. The number of benzene rings is 2. The van der Waals surface area contributed by atoms with Gasteiger partial charge in [0.05, 0.1) is 10.6 Å². The highest BCUT2D eigenvalue weighted by molar-refractivity contribution is 8.03. The van der Waals surface area contributed by atoms with Gasteiger partial charge in [-0.3, -0.25) is 9.52 Å². The maximum absolute atomic E-state index is 12.5. The normalized spacial score (nSPS) is 10.8. The van der Waals surface area contributed by atoms with Gasteiger partial charge in [-0.15, -0.1) is 0 Å². The number of ketones is 1. The van der Waals surface area contributed by atoms with Crippen molar-refractivity contribution in [3.05, 3.63) is 53.6 Å². The Morgan fingerprint density at radius 3 is 2.57 bits per heavy atom. The summed E-state index contributed by atoms with van der Waals surface area (Å²) in [7, 11) is -3.79. The van der Waals surface area contributed by atoms with Crippen molar-refractivity contribution in [2.75, 3.05) is 4.72 Å². The van der Waals surface area contributed by atoms with E-state index in [1.54, 1.807) is 31.2 Å². The predicted molar refractivity (Wildman–Crippen MR) is 89.9 cm³/mol. The number of thioether (sulfide) groups is 1. The molecule has 118 valence electrons. The first kappa shape index (κ1) is 17.1. The van der Waals surface area contributed by atoms with E-state index < -0.39 is 10.0 Å². The fourth-order valence-corrected chi connectivity index (χ4v) is 3.61. The van der Waals surface area contributed by atoms with E-state index in [0.717, 1.165) is 16.7 Å². The second-order valence-corrected chi connectivity index (χ2v) is 7.40. The van der Waals surface area contributed by atoms with Gasteiger partial charge >= 0.3 is 0 Å². The highest BCUT2D eigenvalue weighted by atomic mass is 32.2. The number of hydrogen-bond acceptors (Lipinski definition) is 5. The molecular weight excluding hydrogens is 332 g/mol. The monoisotopic (exact) mass is 346 g/mol. The van der Waals surface area contributed by atoms with E-state index in [-0.39, 0.29) is 10.7 Å². The molecule has 0 fully saturated rings. The Hall–Kier alpha value is -2.30. The number of rotatable bonds is 5. The number of nitrogens with zero attached hydrogens (tertiary/aromatic N) is 1. The highest BCUT2D eigenvalue weighted by Crippen LogP contribution is 2.25. The van der Waals surface area contributed by atoms with Crippen molar-refractivity contribution in [3.8, 4) is 5.40 Å². The summed E-state index contributed by atoms with van der Waals surface area (Å²) < 4.78 is 27.4. The van der Waals surface area contributed by atoms with Gasteiger partial charge in [0.25, 0.3) is 10.0 Å². The molecule has 0 aliphatic rings. The lowest BCUT2D eigenvalue weighted by atomic mass is 10.2. The quantitative estimate of drug-likeness (QED) is 0.508. The van der Waals surface area contributed by atoms with Crippen molar-refractivity contribution >= 4 is 33.3 Å². The van der Waals surface area contributed by atoms with Crippen LogP contribution in [0.2, 0.25) is 0 Å². The number of aryl methyl sites for hydroxylation is 1. The molecule has 7 heteroatoms. The van der Waals surface area contributed by atoms with E-state index in [0.29, 0.717) is 16.8 Å². The van der Waals surface area contributed by atoms with Gasteiger partial charge in [-0.25, -0.2) is 8.42 Å². The molecule has 0 unspecified atom stereocenters. The van der Waals surface area contributed by atoms with Crippen LogP contribution < -0.4 is 4.72 Å². The van der Waals surface area contributed by atoms with Gasteiger partial charge in [-0.2, -0.15) is 5.26 Å². The minimum atomic E-state index is -3.79. The Bertz CT molecular complexity index is 900. The lowest BCUT2D eigenvalue weighted by molar-refractivity contribution is 0.101. The SMILES string of the molecule is CC(=O)c1cccc(S(=O)(=O)Nc2ccc(SC#N)cc2C)c1. The first-order valence-corrected chi connectivity index (χ1v) is 8.94. The zero-order valence-electron chi connectivity index (χ0n) is 12.5. The summed E-state index contributed by atoms with van der Waals surface area (Å²) in [5, 5.41) is 10.6. The Kier molecular flexibility index (Phi) is 5.08. The van der Waals surface area contributed by atoms with Crippen LogP contribution in [-0.4, -0.2) is 14.2 Å². The number of carbonyl (C=O) groups is 1. The Labute approximate surface area is 139 Å². The number of sulfonamides is 1. The maximum Gasteiger partial charge on any atom is 0.261 e. The van der Waals surface area contributed by atoms with Gasteiger partial charge in [0, 0.05) is 10.5 Å². The van der Waals surface area contributed by atoms with Gasteiger partial charge in [-0.1, -0.05) is 12.1 Å². The van der Waals surface area contributed by atoms with Crippen LogP contribution >= 0.6 is 11.8 Å². The largest absolute Gasteiger partial charge is 0.295 e. The summed E-state index contributed by atoms with van der Waals surface area (Å²) in [6.45, 7) is 3.14. The summed E-state index contributed by atoms with van der Waals surface area (Å²) in [5.41, 5.74) is 1.47. The molecule has 0 saturated carbocycles. The number of carbonyl (C=O) groups excluding carboxylic acids is 1. The molecule has 0 aliphatic heterocycles. The smallest absolute Gasteiger partial charge is 0.261 e. The molecule has 0 radical (unpaired) electrons. The standard InChI is InChI=1S/C16H14N2O3S2/c1-11-8-14(22-10-17)6-7-16(11)18-23(20,21)15-5-3-4-13(9-15)12(2)19/h3-9,18H,1-2H3. The lowest BCUT2D eigenvalue weighted by Crippen LogP contribution is -2.14. The maximum atomic E-state index is 12.5. The fourth-order valence-electron chi connectivity index (χ4n) is 1.95. The molecule has 5 nitrogen and oxygen atoms in total. The third-order valence-electron chi connectivity index (χ3n) is 3.16. The van der Waals surface area contributed by atoms with E-state index in [1.165, 1.54) is 25.1 Å². The molecule has 2 aromatic carbocycles. The fraction of sp³-hybridized carbons (Fsp3) is 0.125. The van der Waals surface area contributed by atoms with Gasteiger partial charge in [0.15, 0.2) is 5.78 Å². The minimum absolute atomic E-state index is 0.0278. The third-order valence-corrected chi connectivity index (χ3v) is 5.10. The zero-order chi connectivity index (χ0) is 17.0. The summed E-state index contributed by atoms with van der Waals surface area (Å²) >= 11 is 1.01. The zero-order valence-corrected chi connectivity index (χ0v) is 14.2. The number of nitrogens with one attached hydrogen (secondary N) is 1. The molecule has 0 bridgehead atoms. The van der Waals surface area contributed by atoms with Crippen LogP contribution in [0.4, 0.5) is 5.69 Å². The predicted octanol–water partition coefficient (Wildman–Crippen LogP) is 3.57. The van der Waals surface area contributed by atoms with Crippen LogP contribution in [-0.2, 0) is 10.0 Å². The van der Waals surface area contributed by atoms with E-state index >= 15 is 0 Å². The van der Waals surface area contributed by atoms with Crippen LogP contribution in [0.3, 0.4) is 0 Å². The molecular formula is C16H14N2O3S2. The summed E-state index contributed by atoms with van der Waals surface area (Å²) in [6, 6.07) is 10.9. The molecule has 0 heterocycles. The molecule has 0 aliphatic carbocycles. The van der Waals surface area contributed by atoms with Gasteiger partial charge < -0.3 is 0 Å². The lowest BCUT2D eigenvalue weighted by Gasteiger charge is -2.11. The van der Waals surface area contributed by atoms with Crippen molar-refractivity contribution in [3.63, 3.8) is 0 Å². The first-order valence-electron chi connectivity index (χ1n) is 6.64. The van der Waals surface area contributed by atoms with Crippen LogP contribution in [0.25, 0.3) is 0 Å². The topological polar surface area (TPSA) is 87.0 Å². The number of hydrogen-bond donors (Lipinski definition) is 1. The minimum Gasteiger partial charge on any atom is -0.295 e. The van der Waals surface area contributed by atoms with Crippen molar-refractivity contribution < 1.29 is 13.2 Å². The number of anilines is 1. The summed E-state index contributed by atoms with van der Waals surface area (Å²) in [4.78, 5) is 12.2. The number of thiocyanates is 1. The van der Waals surface area contributed by atoms with E-state index in [9.17, 15) is 13.2 Å². The van der Waals surface area contributed by atoms with Crippen molar-refractivity contribution in [2.45, 2.75) is 23.6 Å². The Morgan fingerprint density at radius 2 is 1.96 bits per heavy atom. The van der Waals surface area contributed by atoms with Gasteiger partial charge in [0.2, 0.25) is 0 Å². The second-order valence-electron chi connectivity index (χ2n) is 4.86. The van der Waals surface area contributed by atoms with Crippen LogP contribution in [0, 0.1) is 17.6 Å². The van der Waals surface area contributed by atoms with E-state index in [1.807, 2.05) is 5.40 Å². The third kappa shape index (κ3) is 4.12. The number of Topliss-reactive ketones (excluding diaryl/α,β-unsaturated/α-hetero) is 1. The summed E-state index contributed by atoms with van der Waals surface area (Å²) in [6.07, 6.45) is 0. The van der Waals surface area contributed by atoms with Crippen molar-refractivity contribution in [1.82, 2.24) is 0 Å². The molecule has 1 N–H and O–H groups in total. The molecule has 0 atom stereocenters. The van der Waals surface area contributed by atoms with Crippen molar-refractivity contribution in [1.29, 1.82) is 5.26 Å². The number of nitriles is 1. The molecule has 0 aromatic heterocycles. The molecule has 23 heavy (non-hydrogen) atoms. The average Bonchev–Trinajstić information content (AvgIpc) is 2.50. The first-order chi connectivity index (χ1) is 10.8.